The van der Waals surface area contributed by atoms with Gasteiger partial charge in [-0.1, -0.05) is 6.07 Å². The highest BCUT2D eigenvalue weighted by atomic mass is 35.5. The molecule has 1 aromatic carbocycles. The number of rotatable bonds is 3. The number of carbonyl (C=O) groups excluding carboxylic acids is 1. The van der Waals surface area contributed by atoms with Crippen LogP contribution in [0.5, 0.6) is 0 Å². The second-order valence-corrected chi connectivity index (χ2v) is 5.82. The Bertz CT molecular complexity index is 692. The van der Waals surface area contributed by atoms with Crippen LogP contribution in [0.3, 0.4) is 0 Å². The third-order valence-electron chi connectivity index (χ3n) is 3.94. The summed E-state index contributed by atoms with van der Waals surface area (Å²) >= 11 is 0. The summed E-state index contributed by atoms with van der Waals surface area (Å²) < 4.78 is 0. The lowest BCUT2D eigenvalue weighted by molar-refractivity contribution is 0.0656. The molecular formula is C17H22ClN5O. The number of benzene rings is 1. The first kappa shape index (κ1) is 18.2. The van der Waals surface area contributed by atoms with Crippen molar-refractivity contribution in [2.24, 2.45) is 0 Å². The van der Waals surface area contributed by atoms with Crippen LogP contribution in [0.1, 0.15) is 23.0 Å². The van der Waals surface area contributed by atoms with E-state index in [1.54, 1.807) is 0 Å². The van der Waals surface area contributed by atoms with Crippen molar-refractivity contribution in [2.45, 2.75) is 19.9 Å². The Labute approximate surface area is 148 Å². The van der Waals surface area contributed by atoms with E-state index in [-0.39, 0.29) is 24.4 Å². The second-order valence-electron chi connectivity index (χ2n) is 5.82. The van der Waals surface area contributed by atoms with Crippen molar-refractivity contribution in [3.8, 4) is 0 Å². The molecule has 2 heterocycles. The van der Waals surface area contributed by atoms with Gasteiger partial charge < -0.3 is 15.5 Å². The minimum Gasteiger partial charge on any atom is -0.339 e. The standard InChI is InChI=1S/C17H21N5O.ClH/c1-12-6-7-16(21-20-12)19-15-5-3-4-14(10-15)17(23)22-9-8-18-11-13(22)2;/h3-7,10,13,18H,8-9,11H2,1-2H3,(H,19,21);1H. The van der Waals surface area contributed by atoms with Crippen molar-refractivity contribution >= 4 is 29.8 Å². The Morgan fingerprint density at radius 3 is 2.83 bits per heavy atom. The number of aryl methyl sites for hydroxylation is 1. The van der Waals surface area contributed by atoms with E-state index in [1.165, 1.54) is 0 Å². The van der Waals surface area contributed by atoms with E-state index in [2.05, 4.69) is 27.8 Å². The van der Waals surface area contributed by atoms with E-state index in [0.29, 0.717) is 11.4 Å². The van der Waals surface area contributed by atoms with Crippen molar-refractivity contribution in [3.05, 3.63) is 47.7 Å². The molecule has 0 aliphatic carbocycles. The predicted octanol–water partition coefficient (Wildman–Crippen LogP) is 2.38. The van der Waals surface area contributed by atoms with Gasteiger partial charge in [-0.05, 0) is 44.2 Å². The molecule has 0 bridgehead atoms. The highest BCUT2D eigenvalue weighted by molar-refractivity contribution is 5.95. The predicted molar refractivity (Wildman–Crippen MR) is 97.1 cm³/mol. The topological polar surface area (TPSA) is 70.2 Å². The SMILES string of the molecule is Cc1ccc(Nc2cccc(C(=O)N3CCNCC3C)c2)nn1.Cl. The van der Waals surface area contributed by atoms with Gasteiger partial charge in [0.25, 0.3) is 5.91 Å². The van der Waals surface area contributed by atoms with Crippen LogP contribution in [-0.4, -0.2) is 46.7 Å². The van der Waals surface area contributed by atoms with Crippen LogP contribution in [0.2, 0.25) is 0 Å². The maximum absolute atomic E-state index is 12.7. The highest BCUT2D eigenvalue weighted by Crippen LogP contribution is 2.18. The molecule has 1 unspecified atom stereocenters. The summed E-state index contributed by atoms with van der Waals surface area (Å²) in [6, 6.07) is 11.5. The van der Waals surface area contributed by atoms with Crippen molar-refractivity contribution < 1.29 is 4.79 Å². The minimum atomic E-state index is 0. The number of amides is 1. The van der Waals surface area contributed by atoms with Crippen LogP contribution >= 0.6 is 12.4 Å². The summed E-state index contributed by atoms with van der Waals surface area (Å²) in [5, 5.41) is 14.6. The Hall–Kier alpha value is -2.18. The highest BCUT2D eigenvalue weighted by Gasteiger charge is 2.24. The molecule has 2 N–H and O–H groups in total. The number of carbonyl (C=O) groups is 1. The van der Waals surface area contributed by atoms with Gasteiger partial charge in [0, 0.05) is 36.9 Å². The van der Waals surface area contributed by atoms with Gasteiger partial charge in [0.1, 0.15) is 0 Å². The lowest BCUT2D eigenvalue weighted by atomic mass is 10.1. The van der Waals surface area contributed by atoms with Gasteiger partial charge in [-0.15, -0.1) is 17.5 Å². The van der Waals surface area contributed by atoms with Crippen LogP contribution in [0.25, 0.3) is 0 Å². The van der Waals surface area contributed by atoms with Gasteiger partial charge in [-0.3, -0.25) is 4.79 Å². The van der Waals surface area contributed by atoms with E-state index in [9.17, 15) is 4.79 Å². The molecule has 1 aliphatic rings. The zero-order valence-corrected chi connectivity index (χ0v) is 14.6. The van der Waals surface area contributed by atoms with Gasteiger partial charge >= 0.3 is 0 Å². The number of nitrogens with one attached hydrogen (secondary N) is 2. The summed E-state index contributed by atoms with van der Waals surface area (Å²) in [4.78, 5) is 14.6. The van der Waals surface area contributed by atoms with Gasteiger partial charge in [0.05, 0.1) is 5.69 Å². The summed E-state index contributed by atoms with van der Waals surface area (Å²) in [6.07, 6.45) is 0. The number of piperazine rings is 1. The molecule has 7 heteroatoms. The first-order chi connectivity index (χ1) is 11.1. The largest absolute Gasteiger partial charge is 0.339 e. The fraction of sp³-hybridized carbons (Fsp3) is 0.353. The fourth-order valence-electron chi connectivity index (χ4n) is 2.65. The number of aromatic nitrogens is 2. The van der Waals surface area contributed by atoms with Crippen molar-refractivity contribution in [3.63, 3.8) is 0 Å². The van der Waals surface area contributed by atoms with E-state index < -0.39 is 0 Å². The Balaban J connectivity index is 0.00000208. The molecule has 0 saturated carbocycles. The Morgan fingerprint density at radius 2 is 2.12 bits per heavy atom. The molecule has 1 atom stereocenters. The Morgan fingerprint density at radius 1 is 1.29 bits per heavy atom. The van der Waals surface area contributed by atoms with Crippen LogP contribution < -0.4 is 10.6 Å². The smallest absolute Gasteiger partial charge is 0.254 e. The molecule has 0 radical (unpaired) electrons. The summed E-state index contributed by atoms with van der Waals surface area (Å²) in [5.74, 6) is 0.730. The molecule has 1 aromatic heterocycles. The molecule has 24 heavy (non-hydrogen) atoms. The number of anilines is 2. The Kier molecular flexibility index (Phi) is 6.11. The number of nitrogens with zero attached hydrogens (tertiary/aromatic N) is 3. The maximum atomic E-state index is 12.7. The first-order valence-electron chi connectivity index (χ1n) is 7.82. The van der Waals surface area contributed by atoms with E-state index >= 15 is 0 Å². The minimum absolute atomic E-state index is 0. The molecule has 1 amide bonds. The molecule has 0 spiro atoms. The van der Waals surface area contributed by atoms with Crippen LogP contribution in [-0.2, 0) is 0 Å². The second kappa shape index (κ2) is 8.08. The molecule has 2 aromatic rings. The van der Waals surface area contributed by atoms with Crippen molar-refractivity contribution in [1.82, 2.24) is 20.4 Å². The molecule has 3 rings (SSSR count). The van der Waals surface area contributed by atoms with Crippen LogP contribution in [0.4, 0.5) is 11.5 Å². The van der Waals surface area contributed by atoms with Gasteiger partial charge in [0.15, 0.2) is 5.82 Å². The summed E-state index contributed by atoms with van der Waals surface area (Å²) in [5.41, 5.74) is 2.38. The monoisotopic (exact) mass is 347 g/mol. The van der Waals surface area contributed by atoms with E-state index in [4.69, 9.17) is 0 Å². The summed E-state index contributed by atoms with van der Waals surface area (Å²) in [6.45, 7) is 6.37. The van der Waals surface area contributed by atoms with E-state index in [1.807, 2.05) is 48.2 Å². The third-order valence-corrected chi connectivity index (χ3v) is 3.94. The molecule has 1 saturated heterocycles. The van der Waals surface area contributed by atoms with Crippen molar-refractivity contribution in [2.75, 3.05) is 25.0 Å². The molecular weight excluding hydrogens is 326 g/mol. The molecule has 128 valence electrons. The summed E-state index contributed by atoms with van der Waals surface area (Å²) in [7, 11) is 0. The zero-order valence-electron chi connectivity index (χ0n) is 13.8. The van der Waals surface area contributed by atoms with Gasteiger partial charge in [-0.2, -0.15) is 5.10 Å². The van der Waals surface area contributed by atoms with Gasteiger partial charge in [0.2, 0.25) is 0 Å². The van der Waals surface area contributed by atoms with E-state index in [0.717, 1.165) is 31.0 Å². The number of hydrogen-bond acceptors (Lipinski definition) is 5. The number of halogens is 1. The van der Waals surface area contributed by atoms with Gasteiger partial charge in [-0.25, -0.2) is 0 Å². The first-order valence-corrected chi connectivity index (χ1v) is 7.82. The fourth-order valence-corrected chi connectivity index (χ4v) is 2.65. The third kappa shape index (κ3) is 4.21. The lowest BCUT2D eigenvalue weighted by Crippen LogP contribution is -2.52. The number of hydrogen-bond donors (Lipinski definition) is 2. The quantitative estimate of drug-likeness (QED) is 0.892. The normalized spacial score (nSPS) is 17.1. The molecule has 1 fully saturated rings. The average Bonchev–Trinajstić information content (AvgIpc) is 2.57. The lowest BCUT2D eigenvalue weighted by Gasteiger charge is -2.34. The molecule has 6 nitrogen and oxygen atoms in total. The maximum Gasteiger partial charge on any atom is 0.254 e. The average molecular weight is 348 g/mol. The van der Waals surface area contributed by atoms with Crippen LogP contribution in [0, 0.1) is 6.92 Å². The van der Waals surface area contributed by atoms with Crippen LogP contribution in [0.15, 0.2) is 36.4 Å². The van der Waals surface area contributed by atoms with Crippen molar-refractivity contribution in [1.29, 1.82) is 0 Å². The zero-order chi connectivity index (χ0) is 16.2. The molecule has 1 aliphatic heterocycles.